The Labute approximate surface area is 220 Å². The van der Waals surface area contributed by atoms with Gasteiger partial charge < -0.3 is 5.32 Å². The van der Waals surface area contributed by atoms with Gasteiger partial charge in [0.15, 0.2) is 0 Å². The van der Waals surface area contributed by atoms with E-state index in [1.54, 1.807) is 0 Å². The molecule has 0 aliphatic heterocycles. The molecule has 0 bridgehead atoms. The third kappa shape index (κ3) is 7.06. The van der Waals surface area contributed by atoms with Crippen molar-refractivity contribution in [3.05, 3.63) is 79.8 Å². The Morgan fingerprint density at radius 3 is 2.14 bits per heavy atom. The molecule has 1 unspecified atom stereocenters. The minimum Gasteiger partial charge on any atom is -0.382 e. The second-order valence-electron chi connectivity index (χ2n) is 8.69. The van der Waals surface area contributed by atoms with Crippen molar-refractivity contribution in [2.45, 2.75) is 56.4 Å². The Kier molecular flexibility index (Phi) is 8.73. The molecule has 0 radical (unpaired) electrons. The molecule has 0 heterocycles. The number of hydrogen-bond acceptors (Lipinski definition) is 1. The Balaban J connectivity index is 1.83. The lowest BCUT2D eigenvalue weighted by Gasteiger charge is -2.30. The minimum atomic E-state index is -3.35. The molecule has 1 aliphatic rings. The SMILES string of the molecule is C=C(NC1CCC(F)(F)CC1)c1ccc(/C(F)=C/C(c2cc(Cl)c(Cl)c(Cl)c2)C(C)(F)F)cc1Cl. The highest BCUT2D eigenvalue weighted by Gasteiger charge is 2.36. The maximum atomic E-state index is 15.1. The lowest BCUT2D eigenvalue weighted by Crippen LogP contribution is -2.36. The number of alkyl halides is 4. The fourth-order valence-corrected chi connectivity index (χ4v) is 4.86. The van der Waals surface area contributed by atoms with Crippen LogP contribution in [-0.2, 0) is 0 Å². The second-order valence-corrected chi connectivity index (χ2v) is 10.3. The van der Waals surface area contributed by atoms with Crippen molar-refractivity contribution in [2.24, 2.45) is 0 Å². The molecule has 0 spiro atoms. The number of allylic oxidation sites excluding steroid dienone is 1. The molecule has 0 aromatic heterocycles. The summed E-state index contributed by atoms with van der Waals surface area (Å²) in [5, 5.41) is 3.17. The van der Waals surface area contributed by atoms with Crippen LogP contribution in [0.5, 0.6) is 0 Å². The van der Waals surface area contributed by atoms with Crippen molar-refractivity contribution in [3.63, 3.8) is 0 Å². The van der Waals surface area contributed by atoms with E-state index >= 15 is 4.39 Å². The van der Waals surface area contributed by atoms with E-state index in [-0.39, 0.29) is 62.9 Å². The molecule has 1 fully saturated rings. The average molecular weight is 573 g/mol. The fourth-order valence-electron chi connectivity index (χ4n) is 3.95. The highest BCUT2D eigenvalue weighted by atomic mass is 35.5. The molecule has 1 aliphatic carbocycles. The third-order valence-electron chi connectivity index (χ3n) is 5.89. The van der Waals surface area contributed by atoms with Gasteiger partial charge in [-0.2, -0.15) is 0 Å². The van der Waals surface area contributed by atoms with Gasteiger partial charge in [-0.1, -0.05) is 65.1 Å². The Bertz CT molecular complexity index is 1110. The molecule has 35 heavy (non-hydrogen) atoms. The van der Waals surface area contributed by atoms with Gasteiger partial charge in [0.1, 0.15) is 5.83 Å². The Hall–Kier alpha value is -1.47. The van der Waals surface area contributed by atoms with E-state index in [1.165, 1.54) is 30.3 Å². The Morgan fingerprint density at radius 1 is 1.06 bits per heavy atom. The van der Waals surface area contributed by atoms with Crippen molar-refractivity contribution in [3.8, 4) is 0 Å². The second kappa shape index (κ2) is 10.9. The normalized spacial score (nSPS) is 17.8. The molecule has 1 nitrogen and oxygen atoms in total. The Morgan fingerprint density at radius 2 is 1.63 bits per heavy atom. The van der Waals surface area contributed by atoms with Gasteiger partial charge in [0, 0.05) is 42.6 Å². The highest BCUT2D eigenvalue weighted by Crippen LogP contribution is 2.41. The summed E-state index contributed by atoms with van der Waals surface area (Å²) in [6.45, 7) is 4.57. The van der Waals surface area contributed by atoms with Crippen molar-refractivity contribution in [2.75, 3.05) is 0 Å². The maximum absolute atomic E-state index is 15.1. The molecule has 0 amide bonds. The highest BCUT2D eigenvalue weighted by molar-refractivity contribution is 6.48. The quantitative estimate of drug-likeness (QED) is 0.257. The molecule has 2 aromatic rings. The zero-order valence-electron chi connectivity index (χ0n) is 18.6. The summed E-state index contributed by atoms with van der Waals surface area (Å²) >= 11 is 24.2. The van der Waals surface area contributed by atoms with Crippen LogP contribution >= 0.6 is 46.4 Å². The molecule has 190 valence electrons. The maximum Gasteiger partial charge on any atom is 0.255 e. The summed E-state index contributed by atoms with van der Waals surface area (Å²) in [5.41, 5.74) is 0.827. The average Bonchev–Trinajstić information content (AvgIpc) is 2.75. The van der Waals surface area contributed by atoms with E-state index in [0.717, 1.165) is 6.08 Å². The summed E-state index contributed by atoms with van der Waals surface area (Å²) in [4.78, 5) is 0. The van der Waals surface area contributed by atoms with E-state index in [4.69, 9.17) is 46.4 Å². The first-order valence-electron chi connectivity index (χ1n) is 10.7. The minimum absolute atomic E-state index is 0.00888. The predicted molar refractivity (Wildman–Crippen MR) is 135 cm³/mol. The molecule has 0 saturated heterocycles. The van der Waals surface area contributed by atoms with Crippen molar-refractivity contribution in [1.82, 2.24) is 5.32 Å². The van der Waals surface area contributed by atoms with E-state index < -0.39 is 23.6 Å². The van der Waals surface area contributed by atoms with Gasteiger partial charge in [0.05, 0.1) is 26.0 Å². The number of halogens is 9. The van der Waals surface area contributed by atoms with Crippen LogP contribution in [0.25, 0.3) is 11.5 Å². The van der Waals surface area contributed by atoms with Crippen LogP contribution < -0.4 is 5.32 Å². The molecule has 1 N–H and O–H groups in total. The van der Waals surface area contributed by atoms with Gasteiger partial charge in [0.25, 0.3) is 5.92 Å². The summed E-state index contributed by atoms with van der Waals surface area (Å²) in [7, 11) is 0. The van der Waals surface area contributed by atoms with Crippen molar-refractivity contribution < 1.29 is 22.0 Å². The van der Waals surface area contributed by atoms with Crippen molar-refractivity contribution >= 4 is 57.9 Å². The van der Waals surface area contributed by atoms with Gasteiger partial charge in [0.2, 0.25) is 5.92 Å². The van der Waals surface area contributed by atoms with Gasteiger partial charge in [-0.05, 0) is 42.7 Å². The lowest BCUT2D eigenvalue weighted by molar-refractivity contribution is -0.0392. The van der Waals surface area contributed by atoms with Crippen LogP contribution in [0.3, 0.4) is 0 Å². The zero-order valence-corrected chi connectivity index (χ0v) is 21.6. The van der Waals surface area contributed by atoms with Gasteiger partial charge in [-0.3, -0.25) is 0 Å². The largest absolute Gasteiger partial charge is 0.382 e. The van der Waals surface area contributed by atoms with Crippen LogP contribution in [0.2, 0.25) is 20.1 Å². The first kappa shape index (κ1) is 28.1. The van der Waals surface area contributed by atoms with Gasteiger partial charge in [-0.15, -0.1) is 0 Å². The summed E-state index contributed by atoms with van der Waals surface area (Å²) in [5.74, 6) is -8.62. The van der Waals surface area contributed by atoms with E-state index in [0.29, 0.717) is 18.2 Å². The molecule has 3 rings (SSSR count). The topological polar surface area (TPSA) is 12.0 Å². The molecule has 1 saturated carbocycles. The molecular formula is C25H22Cl4F5N. The van der Waals surface area contributed by atoms with E-state index in [1.807, 2.05) is 0 Å². The molecular weight excluding hydrogens is 551 g/mol. The van der Waals surface area contributed by atoms with E-state index in [9.17, 15) is 17.6 Å². The van der Waals surface area contributed by atoms with Crippen LogP contribution in [0.1, 0.15) is 55.2 Å². The van der Waals surface area contributed by atoms with Crippen LogP contribution in [0.4, 0.5) is 22.0 Å². The van der Waals surface area contributed by atoms with Crippen LogP contribution in [0.15, 0.2) is 43.0 Å². The van der Waals surface area contributed by atoms with Crippen LogP contribution in [0, 0.1) is 0 Å². The fraction of sp³-hybridized carbons (Fsp3) is 0.360. The number of hydrogen-bond donors (Lipinski definition) is 1. The first-order valence-corrected chi connectivity index (χ1v) is 12.2. The number of nitrogens with one attached hydrogen (secondary N) is 1. The smallest absolute Gasteiger partial charge is 0.255 e. The summed E-state index contributed by atoms with van der Waals surface area (Å²) in [6.07, 6.45) is 0.910. The first-order chi connectivity index (χ1) is 16.2. The molecule has 2 aromatic carbocycles. The van der Waals surface area contributed by atoms with Crippen molar-refractivity contribution in [1.29, 1.82) is 0 Å². The third-order valence-corrected chi connectivity index (χ3v) is 7.40. The molecule has 10 heteroatoms. The standard InChI is InChI=1S/C25H22Cl4F5N/c1-13(35-16-5-7-25(33,34)8-6-16)17-4-3-14(9-19(17)26)22(30)12-18(24(2,31)32)15-10-20(27)23(29)21(28)11-15/h3-4,9-12,16,18,35H,1,5-8H2,2H3/b22-12-. The van der Waals surface area contributed by atoms with E-state index in [2.05, 4.69) is 11.9 Å². The zero-order chi connectivity index (χ0) is 26.1. The summed E-state index contributed by atoms with van der Waals surface area (Å²) < 4.78 is 70.7. The van der Waals surface area contributed by atoms with Gasteiger partial charge >= 0.3 is 0 Å². The molecule has 1 atom stereocenters. The number of rotatable bonds is 7. The number of benzene rings is 2. The van der Waals surface area contributed by atoms with Crippen LogP contribution in [-0.4, -0.2) is 17.9 Å². The lowest BCUT2D eigenvalue weighted by atomic mass is 9.91. The van der Waals surface area contributed by atoms with Gasteiger partial charge in [-0.25, -0.2) is 22.0 Å². The summed E-state index contributed by atoms with van der Waals surface area (Å²) in [6, 6.07) is 6.41. The predicted octanol–water partition coefficient (Wildman–Crippen LogP) is 10.2. The monoisotopic (exact) mass is 571 g/mol.